The molecule has 0 atom stereocenters. The van der Waals surface area contributed by atoms with E-state index >= 15 is 0 Å². The molecule has 0 spiro atoms. The summed E-state index contributed by atoms with van der Waals surface area (Å²) >= 11 is 0. The normalized spacial score (nSPS) is 10.3. The van der Waals surface area contributed by atoms with Gasteiger partial charge in [-0.2, -0.15) is 5.10 Å². The third-order valence-electron chi connectivity index (χ3n) is 2.85. The number of para-hydroxylation sites is 1. The monoisotopic (exact) mass is 245 g/mol. The summed E-state index contributed by atoms with van der Waals surface area (Å²) in [6, 6.07) is 10.4. The molecular weight excluding hydrogens is 226 g/mol. The Labute approximate surface area is 107 Å². The van der Waals surface area contributed by atoms with Gasteiger partial charge in [-0.1, -0.05) is 18.2 Å². The van der Waals surface area contributed by atoms with E-state index in [2.05, 4.69) is 51.7 Å². The van der Waals surface area contributed by atoms with Crippen LogP contribution in [0.5, 0.6) is 0 Å². The average Bonchev–Trinajstić information content (AvgIpc) is 2.81. The molecule has 2 aromatic rings. The number of hydrogen-bond donors (Lipinski definition) is 3. The van der Waals surface area contributed by atoms with Crippen molar-refractivity contribution in [1.82, 2.24) is 10.2 Å². The number of nitrogens with one attached hydrogen (secondary N) is 2. The predicted molar refractivity (Wildman–Crippen MR) is 75.8 cm³/mol. The number of nitrogens with two attached hydrogens (primary N) is 1. The lowest BCUT2D eigenvalue weighted by Crippen LogP contribution is -2.20. The Hall–Kier alpha value is -2.17. The van der Waals surface area contributed by atoms with Gasteiger partial charge >= 0.3 is 0 Å². The first kappa shape index (κ1) is 12.3. The molecule has 5 heteroatoms. The number of nitrogens with zero attached hydrogens (tertiary/aromatic N) is 2. The lowest BCUT2D eigenvalue weighted by Gasteiger charge is -2.19. The smallest absolute Gasteiger partial charge is 0.142 e. The van der Waals surface area contributed by atoms with E-state index in [0.717, 1.165) is 25.2 Å². The third kappa shape index (κ3) is 3.16. The molecule has 0 aliphatic carbocycles. The standard InChI is InChI=1S/C13H19N5/c1-18(11-6-3-2-4-7-11)9-5-8-15-12-10-16-17-13(12)14/h2-4,6-7,10,15H,5,8-9H2,1H3,(H3,14,16,17). The highest BCUT2D eigenvalue weighted by Gasteiger charge is 2.01. The van der Waals surface area contributed by atoms with Gasteiger partial charge in [-0.3, -0.25) is 5.10 Å². The van der Waals surface area contributed by atoms with Gasteiger partial charge in [-0.05, 0) is 18.6 Å². The fourth-order valence-electron chi connectivity index (χ4n) is 1.79. The van der Waals surface area contributed by atoms with Crippen molar-refractivity contribution < 1.29 is 0 Å². The van der Waals surface area contributed by atoms with Crippen LogP contribution in [-0.2, 0) is 0 Å². The molecule has 1 aromatic carbocycles. The zero-order valence-electron chi connectivity index (χ0n) is 10.6. The highest BCUT2D eigenvalue weighted by atomic mass is 15.2. The molecule has 4 N–H and O–H groups in total. The maximum absolute atomic E-state index is 5.68. The summed E-state index contributed by atoms with van der Waals surface area (Å²) in [5.74, 6) is 0.589. The quantitative estimate of drug-likeness (QED) is 0.680. The molecule has 18 heavy (non-hydrogen) atoms. The minimum atomic E-state index is 0.589. The van der Waals surface area contributed by atoms with Gasteiger partial charge in [0.25, 0.3) is 0 Å². The second-order valence-electron chi connectivity index (χ2n) is 4.23. The van der Waals surface area contributed by atoms with Crippen LogP contribution in [0.15, 0.2) is 36.5 Å². The van der Waals surface area contributed by atoms with Gasteiger partial charge in [-0.25, -0.2) is 0 Å². The highest BCUT2D eigenvalue weighted by molar-refractivity contribution is 5.59. The second kappa shape index (κ2) is 5.95. The molecule has 2 rings (SSSR count). The van der Waals surface area contributed by atoms with E-state index in [4.69, 9.17) is 5.73 Å². The van der Waals surface area contributed by atoms with E-state index in [1.165, 1.54) is 5.69 Å². The summed E-state index contributed by atoms with van der Waals surface area (Å²) in [7, 11) is 2.10. The maximum atomic E-state index is 5.68. The minimum Gasteiger partial charge on any atom is -0.382 e. The van der Waals surface area contributed by atoms with Crippen LogP contribution < -0.4 is 16.0 Å². The Morgan fingerprint density at radius 1 is 1.33 bits per heavy atom. The van der Waals surface area contributed by atoms with Crippen LogP contribution in [0.1, 0.15) is 6.42 Å². The van der Waals surface area contributed by atoms with Gasteiger partial charge in [-0.15, -0.1) is 0 Å². The Balaban J connectivity index is 1.71. The van der Waals surface area contributed by atoms with Crippen LogP contribution in [0.3, 0.4) is 0 Å². The van der Waals surface area contributed by atoms with Crippen molar-refractivity contribution in [3.63, 3.8) is 0 Å². The number of aromatic amines is 1. The lowest BCUT2D eigenvalue weighted by atomic mass is 10.3. The van der Waals surface area contributed by atoms with Gasteiger partial charge < -0.3 is 16.0 Å². The van der Waals surface area contributed by atoms with Gasteiger partial charge in [0.15, 0.2) is 0 Å². The van der Waals surface area contributed by atoms with E-state index < -0.39 is 0 Å². The first-order chi connectivity index (χ1) is 8.77. The van der Waals surface area contributed by atoms with Crippen molar-refractivity contribution in [2.24, 2.45) is 0 Å². The predicted octanol–water partition coefficient (Wildman–Crippen LogP) is 1.93. The largest absolute Gasteiger partial charge is 0.382 e. The van der Waals surface area contributed by atoms with Crippen molar-refractivity contribution in [3.05, 3.63) is 36.5 Å². The molecule has 0 aliphatic heterocycles. The highest BCUT2D eigenvalue weighted by Crippen LogP contribution is 2.13. The fourth-order valence-corrected chi connectivity index (χ4v) is 1.79. The number of aromatic nitrogens is 2. The van der Waals surface area contributed by atoms with Crippen LogP contribution in [0, 0.1) is 0 Å². The molecule has 5 nitrogen and oxygen atoms in total. The van der Waals surface area contributed by atoms with Crippen LogP contribution in [0.2, 0.25) is 0 Å². The first-order valence-electron chi connectivity index (χ1n) is 6.06. The fraction of sp³-hybridized carbons (Fsp3) is 0.308. The number of benzene rings is 1. The molecule has 0 unspecified atom stereocenters. The Kier molecular flexibility index (Phi) is 4.06. The molecule has 0 radical (unpaired) electrons. The van der Waals surface area contributed by atoms with Crippen molar-refractivity contribution in [2.45, 2.75) is 6.42 Å². The van der Waals surface area contributed by atoms with E-state index in [1.54, 1.807) is 6.20 Å². The molecule has 0 bridgehead atoms. The number of anilines is 3. The van der Waals surface area contributed by atoms with Gasteiger partial charge in [0.05, 0.1) is 11.9 Å². The minimum absolute atomic E-state index is 0.589. The van der Waals surface area contributed by atoms with Crippen LogP contribution in [-0.4, -0.2) is 30.3 Å². The molecule has 0 aliphatic rings. The zero-order chi connectivity index (χ0) is 12.8. The van der Waals surface area contributed by atoms with Crippen molar-refractivity contribution in [2.75, 3.05) is 36.1 Å². The van der Waals surface area contributed by atoms with E-state index in [-0.39, 0.29) is 0 Å². The molecule has 1 heterocycles. The van der Waals surface area contributed by atoms with Crippen LogP contribution in [0.25, 0.3) is 0 Å². The number of hydrogen-bond acceptors (Lipinski definition) is 4. The maximum Gasteiger partial charge on any atom is 0.142 e. The summed E-state index contributed by atoms with van der Waals surface area (Å²) in [5, 5.41) is 9.81. The number of nitrogen functional groups attached to an aromatic ring is 1. The molecule has 0 saturated carbocycles. The topological polar surface area (TPSA) is 70.0 Å². The van der Waals surface area contributed by atoms with E-state index in [9.17, 15) is 0 Å². The molecule has 0 fully saturated rings. The van der Waals surface area contributed by atoms with Crippen LogP contribution in [0.4, 0.5) is 17.2 Å². The summed E-state index contributed by atoms with van der Waals surface area (Å²) in [4.78, 5) is 2.24. The van der Waals surface area contributed by atoms with Crippen molar-refractivity contribution >= 4 is 17.2 Å². The summed E-state index contributed by atoms with van der Waals surface area (Å²) in [6.07, 6.45) is 2.74. The Bertz CT molecular complexity index is 465. The summed E-state index contributed by atoms with van der Waals surface area (Å²) < 4.78 is 0. The summed E-state index contributed by atoms with van der Waals surface area (Å²) in [5.41, 5.74) is 7.79. The SMILES string of the molecule is CN(CCCNc1cn[nH]c1N)c1ccccc1. The number of H-pyrrole nitrogens is 1. The lowest BCUT2D eigenvalue weighted by molar-refractivity contribution is 0.817. The number of rotatable bonds is 6. The third-order valence-corrected chi connectivity index (χ3v) is 2.85. The van der Waals surface area contributed by atoms with E-state index in [1.807, 2.05) is 6.07 Å². The van der Waals surface area contributed by atoms with Crippen molar-refractivity contribution in [1.29, 1.82) is 0 Å². The second-order valence-corrected chi connectivity index (χ2v) is 4.23. The zero-order valence-corrected chi connectivity index (χ0v) is 10.6. The molecular formula is C13H19N5. The first-order valence-corrected chi connectivity index (χ1v) is 6.06. The van der Waals surface area contributed by atoms with Crippen LogP contribution >= 0.6 is 0 Å². The van der Waals surface area contributed by atoms with Gasteiger partial charge in [0.1, 0.15) is 5.82 Å². The Morgan fingerprint density at radius 3 is 2.78 bits per heavy atom. The van der Waals surface area contributed by atoms with E-state index in [0.29, 0.717) is 5.82 Å². The molecule has 0 amide bonds. The van der Waals surface area contributed by atoms with Gasteiger partial charge in [0.2, 0.25) is 0 Å². The summed E-state index contributed by atoms with van der Waals surface area (Å²) in [6.45, 7) is 1.87. The molecule has 96 valence electrons. The molecule has 0 saturated heterocycles. The average molecular weight is 245 g/mol. The molecule has 1 aromatic heterocycles. The Morgan fingerprint density at radius 2 is 2.11 bits per heavy atom. The van der Waals surface area contributed by atoms with Crippen molar-refractivity contribution in [3.8, 4) is 0 Å². The van der Waals surface area contributed by atoms with Gasteiger partial charge in [0, 0.05) is 25.8 Å².